The molecule has 2 N–H and O–H groups in total. The predicted molar refractivity (Wildman–Crippen MR) is 94.9 cm³/mol. The molecule has 4 nitrogen and oxygen atoms in total. The highest BCUT2D eigenvalue weighted by Gasteiger charge is 2.30. The van der Waals surface area contributed by atoms with Crippen molar-refractivity contribution in [2.45, 2.75) is 52.2 Å². The third-order valence-electron chi connectivity index (χ3n) is 4.86. The average molecular weight is 317 g/mol. The Kier molecular flexibility index (Phi) is 6.60. The SMILES string of the molecule is CCN(C[C@@H]1CCCN1Cc1ccccc1)C(=O)C(N)C(C)C. The molecule has 1 aromatic carbocycles. The summed E-state index contributed by atoms with van der Waals surface area (Å²) in [5.41, 5.74) is 7.40. The van der Waals surface area contributed by atoms with Crippen molar-refractivity contribution >= 4 is 5.91 Å². The van der Waals surface area contributed by atoms with Crippen molar-refractivity contribution < 1.29 is 4.79 Å². The molecule has 2 rings (SSSR count). The zero-order valence-corrected chi connectivity index (χ0v) is 14.7. The topological polar surface area (TPSA) is 49.6 Å². The normalized spacial score (nSPS) is 20.0. The van der Waals surface area contributed by atoms with Crippen LogP contribution in [0.25, 0.3) is 0 Å². The third kappa shape index (κ3) is 4.79. The zero-order chi connectivity index (χ0) is 16.8. The molecular weight excluding hydrogens is 286 g/mol. The molecule has 2 atom stereocenters. The fraction of sp³-hybridized carbons (Fsp3) is 0.632. The second kappa shape index (κ2) is 8.46. The number of likely N-dealkylation sites (N-methyl/N-ethyl adjacent to an activating group) is 1. The Hall–Kier alpha value is -1.39. The highest BCUT2D eigenvalue weighted by Crippen LogP contribution is 2.21. The van der Waals surface area contributed by atoms with Crippen LogP contribution in [0.3, 0.4) is 0 Å². The first-order valence-electron chi connectivity index (χ1n) is 8.85. The molecule has 1 saturated heterocycles. The number of nitrogens with zero attached hydrogens (tertiary/aromatic N) is 2. The average Bonchev–Trinajstić information content (AvgIpc) is 2.99. The summed E-state index contributed by atoms with van der Waals surface area (Å²) in [5, 5.41) is 0. The van der Waals surface area contributed by atoms with E-state index in [1.165, 1.54) is 12.0 Å². The van der Waals surface area contributed by atoms with E-state index < -0.39 is 0 Å². The fourth-order valence-electron chi connectivity index (χ4n) is 3.25. The van der Waals surface area contributed by atoms with E-state index >= 15 is 0 Å². The number of benzene rings is 1. The molecule has 1 heterocycles. The van der Waals surface area contributed by atoms with Crippen LogP contribution in [-0.2, 0) is 11.3 Å². The second-order valence-electron chi connectivity index (χ2n) is 6.90. The van der Waals surface area contributed by atoms with Gasteiger partial charge in [0.15, 0.2) is 0 Å². The lowest BCUT2D eigenvalue weighted by molar-refractivity contribution is -0.134. The van der Waals surface area contributed by atoms with E-state index in [9.17, 15) is 4.79 Å². The monoisotopic (exact) mass is 317 g/mol. The van der Waals surface area contributed by atoms with Gasteiger partial charge < -0.3 is 10.6 Å². The van der Waals surface area contributed by atoms with E-state index in [1.807, 2.05) is 25.7 Å². The maximum Gasteiger partial charge on any atom is 0.239 e. The van der Waals surface area contributed by atoms with Gasteiger partial charge in [0.1, 0.15) is 0 Å². The maximum atomic E-state index is 12.6. The Bertz CT molecular complexity index is 489. The summed E-state index contributed by atoms with van der Waals surface area (Å²) in [6.45, 7) is 9.66. The molecule has 0 spiro atoms. The number of carbonyl (C=O) groups is 1. The molecule has 4 heteroatoms. The number of rotatable bonds is 7. The van der Waals surface area contributed by atoms with Crippen molar-refractivity contribution in [1.82, 2.24) is 9.80 Å². The highest BCUT2D eigenvalue weighted by atomic mass is 16.2. The maximum absolute atomic E-state index is 12.6. The van der Waals surface area contributed by atoms with Gasteiger partial charge in [-0.05, 0) is 37.8 Å². The molecule has 128 valence electrons. The van der Waals surface area contributed by atoms with E-state index in [0.717, 1.165) is 32.6 Å². The molecule has 1 aromatic rings. The smallest absolute Gasteiger partial charge is 0.239 e. The Morgan fingerprint density at radius 3 is 2.65 bits per heavy atom. The van der Waals surface area contributed by atoms with Crippen LogP contribution in [0, 0.1) is 5.92 Å². The van der Waals surface area contributed by atoms with Crippen LogP contribution in [0.4, 0.5) is 0 Å². The minimum absolute atomic E-state index is 0.0917. The number of amides is 1. The first-order chi connectivity index (χ1) is 11.0. The van der Waals surface area contributed by atoms with Crippen LogP contribution in [0.1, 0.15) is 39.2 Å². The van der Waals surface area contributed by atoms with Crippen LogP contribution < -0.4 is 5.73 Å². The summed E-state index contributed by atoms with van der Waals surface area (Å²) in [6, 6.07) is 10.6. The van der Waals surface area contributed by atoms with Crippen molar-refractivity contribution in [2.24, 2.45) is 11.7 Å². The van der Waals surface area contributed by atoms with Gasteiger partial charge in [0.05, 0.1) is 6.04 Å². The minimum atomic E-state index is -0.390. The number of likely N-dealkylation sites (tertiary alicyclic amines) is 1. The molecule has 0 aromatic heterocycles. The lowest BCUT2D eigenvalue weighted by Gasteiger charge is -2.32. The standard InChI is InChI=1S/C19H31N3O/c1-4-21(19(23)18(20)15(2)3)14-17-11-8-12-22(17)13-16-9-6-5-7-10-16/h5-7,9-10,15,17-18H,4,8,11-14,20H2,1-3H3/t17-,18?/m0/s1. The molecule has 1 amide bonds. The number of carbonyl (C=O) groups excluding carboxylic acids is 1. The van der Waals surface area contributed by atoms with E-state index in [2.05, 4.69) is 35.2 Å². The molecule has 1 fully saturated rings. The summed E-state index contributed by atoms with van der Waals surface area (Å²) in [4.78, 5) is 17.0. The van der Waals surface area contributed by atoms with Gasteiger partial charge in [-0.15, -0.1) is 0 Å². The van der Waals surface area contributed by atoms with Gasteiger partial charge in [0, 0.05) is 25.7 Å². The van der Waals surface area contributed by atoms with Gasteiger partial charge >= 0.3 is 0 Å². The van der Waals surface area contributed by atoms with Gasteiger partial charge in [0.25, 0.3) is 0 Å². The van der Waals surface area contributed by atoms with Gasteiger partial charge in [-0.3, -0.25) is 9.69 Å². The van der Waals surface area contributed by atoms with Crippen molar-refractivity contribution in [3.63, 3.8) is 0 Å². The number of hydrogen-bond donors (Lipinski definition) is 1. The van der Waals surface area contributed by atoms with E-state index in [4.69, 9.17) is 5.73 Å². The Labute approximate surface area is 140 Å². The third-order valence-corrected chi connectivity index (χ3v) is 4.86. The summed E-state index contributed by atoms with van der Waals surface area (Å²) < 4.78 is 0. The second-order valence-corrected chi connectivity index (χ2v) is 6.90. The molecule has 0 aliphatic carbocycles. The van der Waals surface area contributed by atoms with Gasteiger partial charge in [0.2, 0.25) is 5.91 Å². The number of hydrogen-bond acceptors (Lipinski definition) is 3. The van der Waals surface area contributed by atoms with Gasteiger partial charge in [-0.2, -0.15) is 0 Å². The van der Waals surface area contributed by atoms with Crippen LogP contribution >= 0.6 is 0 Å². The summed E-state index contributed by atoms with van der Waals surface area (Å²) >= 11 is 0. The Balaban J connectivity index is 1.97. The van der Waals surface area contributed by atoms with Crippen molar-refractivity contribution in [2.75, 3.05) is 19.6 Å². The molecule has 23 heavy (non-hydrogen) atoms. The van der Waals surface area contributed by atoms with Crippen molar-refractivity contribution in [3.8, 4) is 0 Å². The molecule has 1 unspecified atom stereocenters. The summed E-state index contributed by atoms with van der Waals surface area (Å²) in [7, 11) is 0. The summed E-state index contributed by atoms with van der Waals surface area (Å²) in [6.07, 6.45) is 2.37. The lowest BCUT2D eigenvalue weighted by Crippen LogP contribution is -2.50. The highest BCUT2D eigenvalue weighted by molar-refractivity contribution is 5.81. The lowest BCUT2D eigenvalue weighted by atomic mass is 10.0. The van der Waals surface area contributed by atoms with Crippen LogP contribution in [0.15, 0.2) is 30.3 Å². The van der Waals surface area contributed by atoms with E-state index in [0.29, 0.717) is 6.04 Å². The van der Waals surface area contributed by atoms with Gasteiger partial charge in [-0.25, -0.2) is 0 Å². The molecule has 0 radical (unpaired) electrons. The van der Waals surface area contributed by atoms with Crippen LogP contribution in [0.5, 0.6) is 0 Å². The molecular formula is C19H31N3O. The Morgan fingerprint density at radius 1 is 1.35 bits per heavy atom. The summed E-state index contributed by atoms with van der Waals surface area (Å²) in [5.74, 6) is 0.273. The van der Waals surface area contributed by atoms with Crippen molar-refractivity contribution in [3.05, 3.63) is 35.9 Å². The van der Waals surface area contributed by atoms with Crippen LogP contribution in [0.2, 0.25) is 0 Å². The van der Waals surface area contributed by atoms with Crippen molar-refractivity contribution in [1.29, 1.82) is 0 Å². The zero-order valence-electron chi connectivity index (χ0n) is 14.7. The van der Waals surface area contributed by atoms with Gasteiger partial charge in [-0.1, -0.05) is 44.2 Å². The predicted octanol–water partition coefficient (Wildman–Crippen LogP) is 2.48. The largest absolute Gasteiger partial charge is 0.340 e. The first kappa shape index (κ1) is 18.0. The Morgan fingerprint density at radius 2 is 2.04 bits per heavy atom. The molecule has 1 aliphatic heterocycles. The fourth-order valence-corrected chi connectivity index (χ4v) is 3.25. The molecule has 0 bridgehead atoms. The van der Waals surface area contributed by atoms with E-state index in [-0.39, 0.29) is 17.9 Å². The number of nitrogens with two attached hydrogens (primary N) is 1. The quantitative estimate of drug-likeness (QED) is 0.840. The van der Waals surface area contributed by atoms with E-state index in [1.54, 1.807) is 0 Å². The molecule has 1 aliphatic rings. The first-order valence-corrected chi connectivity index (χ1v) is 8.85. The minimum Gasteiger partial charge on any atom is -0.340 e. The van der Waals surface area contributed by atoms with Crippen LogP contribution in [-0.4, -0.2) is 47.4 Å². The molecule has 0 saturated carbocycles.